The summed E-state index contributed by atoms with van der Waals surface area (Å²) in [5, 5.41) is 3.71. The monoisotopic (exact) mass is 278 g/mol. The molecule has 0 bridgehead atoms. The molecule has 2 aromatic rings. The Morgan fingerprint density at radius 1 is 1.21 bits per heavy atom. The van der Waals surface area contributed by atoms with Gasteiger partial charge in [0.25, 0.3) is 0 Å². The van der Waals surface area contributed by atoms with E-state index in [-0.39, 0.29) is 6.01 Å². The topological polar surface area (TPSA) is 59.9 Å². The second kappa shape index (κ2) is 6.33. The SMILES string of the molecule is CCCNc1nc(OC)nc(-c2ccccc2Cl)n1. The van der Waals surface area contributed by atoms with E-state index in [4.69, 9.17) is 16.3 Å². The van der Waals surface area contributed by atoms with Crippen LogP contribution in [0.4, 0.5) is 5.95 Å². The molecule has 0 aliphatic carbocycles. The molecule has 1 aromatic heterocycles. The summed E-state index contributed by atoms with van der Waals surface area (Å²) in [4.78, 5) is 12.7. The number of hydrogen-bond donors (Lipinski definition) is 1. The molecular formula is C13H15ClN4O. The van der Waals surface area contributed by atoms with E-state index in [1.165, 1.54) is 7.11 Å². The quantitative estimate of drug-likeness (QED) is 0.911. The van der Waals surface area contributed by atoms with Crippen molar-refractivity contribution in [2.24, 2.45) is 0 Å². The molecule has 19 heavy (non-hydrogen) atoms. The first-order chi connectivity index (χ1) is 9.24. The predicted octanol–water partition coefficient (Wildman–Crippen LogP) is 3.02. The largest absolute Gasteiger partial charge is 0.467 e. The fraction of sp³-hybridized carbons (Fsp3) is 0.308. The second-order valence-electron chi connectivity index (χ2n) is 3.88. The van der Waals surface area contributed by atoms with Gasteiger partial charge in [-0.3, -0.25) is 0 Å². The smallest absolute Gasteiger partial charge is 0.321 e. The molecule has 6 heteroatoms. The highest BCUT2D eigenvalue weighted by Crippen LogP contribution is 2.26. The lowest BCUT2D eigenvalue weighted by atomic mass is 10.2. The second-order valence-corrected chi connectivity index (χ2v) is 4.28. The number of aromatic nitrogens is 3. The van der Waals surface area contributed by atoms with Crippen molar-refractivity contribution in [2.45, 2.75) is 13.3 Å². The predicted molar refractivity (Wildman–Crippen MR) is 75.6 cm³/mol. The van der Waals surface area contributed by atoms with Gasteiger partial charge in [-0.05, 0) is 18.6 Å². The van der Waals surface area contributed by atoms with Gasteiger partial charge in [0, 0.05) is 12.1 Å². The van der Waals surface area contributed by atoms with Gasteiger partial charge in [0.15, 0.2) is 5.82 Å². The number of nitrogens with zero attached hydrogens (tertiary/aromatic N) is 3. The van der Waals surface area contributed by atoms with Crippen LogP contribution in [0, 0.1) is 0 Å². The minimum absolute atomic E-state index is 0.267. The minimum atomic E-state index is 0.267. The van der Waals surface area contributed by atoms with Crippen molar-refractivity contribution in [2.75, 3.05) is 19.0 Å². The fourth-order valence-corrected chi connectivity index (χ4v) is 1.75. The molecule has 0 saturated heterocycles. The molecule has 0 spiro atoms. The van der Waals surface area contributed by atoms with Gasteiger partial charge in [0.1, 0.15) is 0 Å². The van der Waals surface area contributed by atoms with Crippen LogP contribution in [0.2, 0.25) is 5.02 Å². The van der Waals surface area contributed by atoms with E-state index < -0.39 is 0 Å². The lowest BCUT2D eigenvalue weighted by Crippen LogP contribution is -2.07. The first-order valence-electron chi connectivity index (χ1n) is 6.03. The molecule has 0 aliphatic heterocycles. The molecule has 1 heterocycles. The van der Waals surface area contributed by atoms with Crippen molar-refractivity contribution in [3.63, 3.8) is 0 Å². The zero-order valence-electron chi connectivity index (χ0n) is 10.9. The average molecular weight is 279 g/mol. The highest BCUT2D eigenvalue weighted by molar-refractivity contribution is 6.33. The highest BCUT2D eigenvalue weighted by Gasteiger charge is 2.11. The maximum atomic E-state index is 6.15. The summed E-state index contributed by atoms with van der Waals surface area (Å²) < 4.78 is 5.09. The minimum Gasteiger partial charge on any atom is -0.467 e. The van der Waals surface area contributed by atoms with Crippen molar-refractivity contribution < 1.29 is 4.74 Å². The Morgan fingerprint density at radius 2 is 2.00 bits per heavy atom. The standard InChI is InChI=1S/C13H15ClN4O/c1-3-8-15-12-16-11(17-13(18-12)19-2)9-6-4-5-7-10(9)14/h4-7H,3,8H2,1-2H3,(H,15,16,17,18). The molecule has 0 saturated carbocycles. The van der Waals surface area contributed by atoms with Gasteiger partial charge < -0.3 is 10.1 Å². The third kappa shape index (κ3) is 3.32. The summed E-state index contributed by atoms with van der Waals surface area (Å²) in [7, 11) is 1.52. The first-order valence-corrected chi connectivity index (χ1v) is 6.41. The molecule has 100 valence electrons. The highest BCUT2D eigenvalue weighted by atomic mass is 35.5. The van der Waals surface area contributed by atoms with Crippen molar-refractivity contribution in [1.82, 2.24) is 15.0 Å². The number of rotatable bonds is 5. The number of benzene rings is 1. The summed E-state index contributed by atoms with van der Waals surface area (Å²) in [5.41, 5.74) is 0.754. The van der Waals surface area contributed by atoms with E-state index in [1.807, 2.05) is 18.2 Å². The Labute approximate surface area is 117 Å². The number of halogens is 1. The fourth-order valence-electron chi connectivity index (χ4n) is 1.53. The van der Waals surface area contributed by atoms with Crippen LogP contribution in [0.25, 0.3) is 11.4 Å². The molecule has 2 rings (SSSR count). The van der Waals surface area contributed by atoms with Gasteiger partial charge in [-0.2, -0.15) is 15.0 Å². The van der Waals surface area contributed by atoms with E-state index >= 15 is 0 Å². The lowest BCUT2D eigenvalue weighted by molar-refractivity contribution is 0.379. The molecule has 0 amide bonds. The van der Waals surface area contributed by atoms with E-state index in [9.17, 15) is 0 Å². The zero-order valence-corrected chi connectivity index (χ0v) is 11.6. The van der Waals surface area contributed by atoms with Crippen molar-refractivity contribution >= 4 is 17.5 Å². The molecule has 0 unspecified atom stereocenters. The Balaban J connectivity index is 2.42. The zero-order chi connectivity index (χ0) is 13.7. The van der Waals surface area contributed by atoms with E-state index in [1.54, 1.807) is 6.07 Å². The molecule has 5 nitrogen and oxygen atoms in total. The van der Waals surface area contributed by atoms with Gasteiger partial charge in [-0.15, -0.1) is 0 Å². The van der Waals surface area contributed by atoms with Crippen LogP contribution < -0.4 is 10.1 Å². The van der Waals surface area contributed by atoms with E-state index in [0.29, 0.717) is 16.8 Å². The molecule has 0 aliphatic rings. The maximum Gasteiger partial charge on any atom is 0.321 e. The van der Waals surface area contributed by atoms with Gasteiger partial charge >= 0.3 is 6.01 Å². The normalized spacial score (nSPS) is 10.3. The Bertz CT molecular complexity index is 562. The number of ether oxygens (including phenoxy) is 1. The van der Waals surface area contributed by atoms with Gasteiger partial charge in [-0.1, -0.05) is 30.7 Å². The van der Waals surface area contributed by atoms with Crippen LogP contribution in [-0.4, -0.2) is 28.6 Å². The molecule has 0 fully saturated rings. The Kier molecular flexibility index (Phi) is 4.52. The Morgan fingerprint density at radius 3 is 2.68 bits per heavy atom. The van der Waals surface area contributed by atoms with Gasteiger partial charge in [0.2, 0.25) is 5.95 Å². The number of anilines is 1. The number of nitrogens with one attached hydrogen (secondary N) is 1. The molecule has 0 atom stereocenters. The molecular weight excluding hydrogens is 264 g/mol. The molecule has 0 radical (unpaired) electrons. The van der Waals surface area contributed by atoms with Crippen LogP contribution in [0.1, 0.15) is 13.3 Å². The van der Waals surface area contributed by atoms with Gasteiger partial charge in [-0.25, -0.2) is 0 Å². The number of hydrogen-bond acceptors (Lipinski definition) is 5. The van der Waals surface area contributed by atoms with Crippen molar-refractivity contribution in [3.05, 3.63) is 29.3 Å². The molecule has 1 aromatic carbocycles. The van der Waals surface area contributed by atoms with E-state index in [0.717, 1.165) is 18.5 Å². The third-order valence-corrected chi connectivity index (χ3v) is 2.77. The third-order valence-electron chi connectivity index (χ3n) is 2.45. The summed E-state index contributed by atoms with van der Waals surface area (Å²) in [5.74, 6) is 0.986. The van der Waals surface area contributed by atoms with Crippen LogP contribution in [0.5, 0.6) is 6.01 Å². The number of methoxy groups -OCH3 is 1. The van der Waals surface area contributed by atoms with Crippen molar-refractivity contribution in [1.29, 1.82) is 0 Å². The summed E-state index contributed by atoms with van der Waals surface area (Å²) in [6, 6.07) is 7.67. The van der Waals surface area contributed by atoms with Gasteiger partial charge in [0.05, 0.1) is 12.1 Å². The summed E-state index contributed by atoms with van der Waals surface area (Å²) >= 11 is 6.15. The maximum absolute atomic E-state index is 6.15. The van der Waals surface area contributed by atoms with Crippen LogP contribution in [0.3, 0.4) is 0 Å². The van der Waals surface area contributed by atoms with Crippen LogP contribution >= 0.6 is 11.6 Å². The van der Waals surface area contributed by atoms with Crippen LogP contribution in [-0.2, 0) is 0 Å². The summed E-state index contributed by atoms with van der Waals surface area (Å²) in [6.45, 7) is 2.86. The average Bonchev–Trinajstić information content (AvgIpc) is 2.45. The lowest BCUT2D eigenvalue weighted by Gasteiger charge is -2.08. The summed E-state index contributed by atoms with van der Waals surface area (Å²) in [6.07, 6.45) is 0.982. The first kappa shape index (κ1) is 13.5. The van der Waals surface area contributed by atoms with E-state index in [2.05, 4.69) is 27.2 Å². The Hall–Kier alpha value is -1.88. The molecule has 1 N–H and O–H groups in total. The van der Waals surface area contributed by atoms with Crippen LogP contribution in [0.15, 0.2) is 24.3 Å². The van der Waals surface area contributed by atoms with Crippen molar-refractivity contribution in [3.8, 4) is 17.4 Å².